The normalized spacial score (nSPS) is 11.2. The van der Waals surface area contributed by atoms with Gasteiger partial charge in [0.05, 0.1) is 16.0 Å². The maximum Gasteiger partial charge on any atom is 0.191 e. The minimum atomic E-state index is 0.803. The highest BCUT2D eigenvalue weighted by molar-refractivity contribution is 7.98. The molecule has 25 heavy (non-hydrogen) atoms. The quantitative estimate of drug-likeness (QED) is 0.464. The molecule has 4 rings (SSSR count). The molecule has 0 saturated carbocycles. The van der Waals surface area contributed by atoms with Gasteiger partial charge in [-0.1, -0.05) is 30.8 Å². The zero-order valence-corrected chi connectivity index (χ0v) is 15.4. The third kappa shape index (κ3) is 3.43. The second-order valence-electron chi connectivity index (χ2n) is 5.56. The van der Waals surface area contributed by atoms with Gasteiger partial charge >= 0.3 is 0 Å². The molecule has 0 spiro atoms. The number of fused-ring (bicyclic) bond motifs is 1. The average Bonchev–Trinajstić information content (AvgIpc) is 3.24. The van der Waals surface area contributed by atoms with E-state index >= 15 is 0 Å². The molecule has 0 saturated heterocycles. The SMILES string of the molecule is CCCn1c(SCc2nc3ccccc3s2)nnc1-c1ccncc1. The van der Waals surface area contributed by atoms with Crippen molar-refractivity contribution >= 4 is 33.3 Å². The number of benzene rings is 1. The Morgan fingerprint density at radius 2 is 1.92 bits per heavy atom. The van der Waals surface area contributed by atoms with Crippen LogP contribution in [0.25, 0.3) is 21.6 Å². The number of aromatic nitrogens is 5. The minimum Gasteiger partial charge on any atom is -0.302 e. The van der Waals surface area contributed by atoms with Crippen molar-refractivity contribution in [2.24, 2.45) is 0 Å². The molecule has 126 valence electrons. The lowest BCUT2D eigenvalue weighted by atomic mass is 10.2. The summed E-state index contributed by atoms with van der Waals surface area (Å²) in [4.78, 5) is 8.78. The highest BCUT2D eigenvalue weighted by Crippen LogP contribution is 2.29. The van der Waals surface area contributed by atoms with E-state index in [0.29, 0.717) is 0 Å². The van der Waals surface area contributed by atoms with Gasteiger partial charge in [0.1, 0.15) is 5.01 Å². The Morgan fingerprint density at radius 3 is 2.72 bits per heavy atom. The number of pyridine rings is 1. The molecule has 5 nitrogen and oxygen atoms in total. The maximum absolute atomic E-state index is 4.70. The van der Waals surface area contributed by atoms with E-state index < -0.39 is 0 Å². The van der Waals surface area contributed by atoms with Crippen LogP contribution in [0.5, 0.6) is 0 Å². The number of thioether (sulfide) groups is 1. The van der Waals surface area contributed by atoms with Crippen molar-refractivity contribution in [3.8, 4) is 11.4 Å². The van der Waals surface area contributed by atoms with Crippen molar-refractivity contribution < 1.29 is 0 Å². The lowest BCUT2D eigenvalue weighted by Gasteiger charge is -2.08. The summed E-state index contributed by atoms with van der Waals surface area (Å²) in [5.41, 5.74) is 2.11. The molecule has 4 aromatic rings. The van der Waals surface area contributed by atoms with Crippen LogP contribution >= 0.6 is 23.1 Å². The van der Waals surface area contributed by atoms with Gasteiger partial charge in [0.2, 0.25) is 0 Å². The predicted molar refractivity (Wildman–Crippen MR) is 103 cm³/mol. The van der Waals surface area contributed by atoms with E-state index in [1.165, 1.54) is 4.70 Å². The van der Waals surface area contributed by atoms with Crippen molar-refractivity contribution in [3.63, 3.8) is 0 Å². The van der Waals surface area contributed by atoms with Gasteiger partial charge in [-0.05, 0) is 30.7 Å². The molecule has 0 atom stereocenters. The standard InChI is InChI=1S/C18H17N5S2/c1-2-11-23-17(13-7-9-19-10-8-13)21-22-18(23)24-12-16-20-14-5-3-4-6-15(14)25-16/h3-10H,2,11-12H2,1H3. The molecule has 3 aromatic heterocycles. The lowest BCUT2D eigenvalue weighted by Crippen LogP contribution is -2.02. The fraction of sp³-hybridized carbons (Fsp3) is 0.222. The van der Waals surface area contributed by atoms with E-state index in [0.717, 1.165) is 45.8 Å². The zero-order valence-electron chi connectivity index (χ0n) is 13.8. The maximum atomic E-state index is 4.70. The van der Waals surface area contributed by atoms with Crippen LogP contribution in [0.4, 0.5) is 0 Å². The summed E-state index contributed by atoms with van der Waals surface area (Å²) in [5.74, 6) is 1.70. The molecule has 0 unspecified atom stereocenters. The topological polar surface area (TPSA) is 56.5 Å². The number of thiazole rings is 1. The van der Waals surface area contributed by atoms with Crippen LogP contribution in [0.2, 0.25) is 0 Å². The molecule has 0 bridgehead atoms. The first-order chi connectivity index (χ1) is 12.3. The summed E-state index contributed by atoms with van der Waals surface area (Å²) in [5, 5.41) is 10.9. The predicted octanol–water partition coefficient (Wildman–Crippen LogP) is 4.65. The number of nitrogens with zero attached hydrogens (tertiary/aromatic N) is 5. The summed E-state index contributed by atoms with van der Waals surface area (Å²) in [6, 6.07) is 12.2. The van der Waals surface area contributed by atoms with E-state index in [4.69, 9.17) is 4.98 Å². The van der Waals surface area contributed by atoms with Crippen LogP contribution in [0.3, 0.4) is 0 Å². The van der Waals surface area contributed by atoms with E-state index in [1.807, 2.05) is 18.2 Å². The molecule has 7 heteroatoms. The second kappa shape index (κ2) is 7.33. The molecule has 0 amide bonds. The van der Waals surface area contributed by atoms with Crippen LogP contribution in [0.1, 0.15) is 18.4 Å². The van der Waals surface area contributed by atoms with Crippen molar-refractivity contribution in [3.05, 3.63) is 53.8 Å². The molecule has 0 aliphatic carbocycles. The largest absolute Gasteiger partial charge is 0.302 e. The lowest BCUT2D eigenvalue weighted by molar-refractivity contribution is 0.626. The van der Waals surface area contributed by atoms with E-state index in [-0.39, 0.29) is 0 Å². The molecule has 0 aliphatic heterocycles. The fourth-order valence-corrected chi connectivity index (χ4v) is 4.57. The highest BCUT2D eigenvalue weighted by Gasteiger charge is 2.14. The smallest absolute Gasteiger partial charge is 0.191 e. The Balaban J connectivity index is 1.58. The molecule has 3 heterocycles. The Hall–Kier alpha value is -2.25. The van der Waals surface area contributed by atoms with Crippen LogP contribution in [-0.2, 0) is 12.3 Å². The monoisotopic (exact) mass is 367 g/mol. The first kappa shape index (κ1) is 16.2. The molecule has 0 radical (unpaired) electrons. The Labute approximate surface area is 154 Å². The number of rotatable bonds is 6. The molecular weight excluding hydrogens is 350 g/mol. The van der Waals surface area contributed by atoms with E-state index in [9.17, 15) is 0 Å². The Morgan fingerprint density at radius 1 is 1.08 bits per heavy atom. The fourth-order valence-electron chi connectivity index (χ4n) is 2.64. The summed E-state index contributed by atoms with van der Waals surface area (Å²) < 4.78 is 3.42. The van der Waals surface area contributed by atoms with Gasteiger partial charge in [-0.2, -0.15) is 0 Å². The minimum absolute atomic E-state index is 0.803. The summed E-state index contributed by atoms with van der Waals surface area (Å²) >= 11 is 3.43. The first-order valence-corrected chi connectivity index (χ1v) is 9.96. The Bertz CT molecular complexity index is 944. The summed E-state index contributed by atoms with van der Waals surface area (Å²) in [6.07, 6.45) is 4.60. The van der Waals surface area contributed by atoms with Crippen LogP contribution in [-0.4, -0.2) is 24.7 Å². The van der Waals surface area contributed by atoms with E-state index in [2.05, 4.69) is 44.9 Å². The zero-order chi connectivity index (χ0) is 17.1. The molecule has 0 aliphatic rings. The second-order valence-corrected chi connectivity index (χ2v) is 7.62. The molecule has 0 N–H and O–H groups in total. The highest BCUT2D eigenvalue weighted by atomic mass is 32.2. The summed E-state index contributed by atoms with van der Waals surface area (Å²) in [7, 11) is 0. The van der Waals surface area contributed by atoms with Crippen molar-refractivity contribution in [2.45, 2.75) is 30.8 Å². The average molecular weight is 368 g/mol. The van der Waals surface area contributed by atoms with Gasteiger partial charge in [-0.25, -0.2) is 4.98 Å². The first-order valence-electron chi connectivity index (χ1n) is 8.16. The van der Waals surface area contributed by atoms with E-state index in [1.54, 1.807) is 35.5 Å². The number of hydrogen-bond donors (Lipinski definition) is 0. The Kier molecular flexibility index (Phi) is 4.76. The van der Waals surface area contributed by atoms with Crippen molar-refractivity contribution in [1.82, 2.24) is 24.7 Å². The van der Waals surface area contributed by atoms with Gasteiger partial charge in [0.15, 0.2) is 11.0 Å². The van der Waals surface area contributed by atoms with Gasteiger partial charge in [-0.15, -0.1) is 21.5 Å². The van der Waals surface area contributed by atoms with Crippen molar-refractivity contribution in [2.75, 3.05) is 0 Å². The number of para-hydroxylation sites is 1. The molecule has 0 fully saturated rings. The summed E-state index contributed by atoms with van der Waals surface area (Å²) in [6.45, 7) is 3.06. The van der Waals surface area contributed by atoms with Crippen LogP contribution in [0, 0.1) is 0 Å². The third-order valence-electron chi connectivity index (χ3n) is 3.77. The van der Waals surface area contributed by atoms with Crippen LogP contribution in [0.15, 0.2) is 53.9 Å². The van der Waals surface area contributed by atoms with Gasteiger partial charge in [0, 0.05) is 24.5 Å². The van der Waals surface area contributed by atoms with Gasteiger partial charge in [0.25, 0.3) is 0 Å². The molecular formula is C18H17N5S2. The molecule has 1 aromatic carbocycles. The van der Waals surface area contributed by atoms with Gasteiger partial charge in [-0.3, -0.25) is 4.98 Å². The van der Waals surface area contributed by atoms with Crippen molar-refractivity contribution in [1.29, 1.82) is 0 Å². The van der Waals surface area contributed by atoms with Gasteiger partial charge < -0.3 is 4.57 Å². The third-order valence-corrected chi connectivity index (χ3v) is 5.96. The number of hydrogen-bond acceptors (Lipinski definition) is 6. The van der Waals surface area contributed by atoms with Crippen LogP contribution < -0.4 is 0 Å².